The maximum absolute atomic E-state index is 2.64. The third kappa shape index (κ3) is 5.99. The van der Waals surface area contributed by atoms with E-state index in [0.29, 0.717) is 0 Å². The third-order valence-electron chi connectivity index (χ3n) is 6.19. The Balaban J connectivity index is 0.00000392. The van der Waals surface area contributed by atoms with Crippen molar-refractivity contribution in [1.29, 1.82) is 0 Å². The molecule has 0 nitrogen and oxygen atoms in total. The van der Waals surface area contributed by atoms with Gasteiger partial charge in [-0.05, 0) is 0 Å². The molecule has 0 aliphatic heterocycles. The molecule has 0 spiro atoms. The molecule has 0 heterocycles. The Labute approximate surface area is 210 Å². The molecule has 29 heavy (non-hydrogen) atoms. The first kappa shape index (κ1) is 29.8. The van der Waals surface area contributed by atoms with Crippen LogP contribution in [0.5, 0.6) is 0 Å². The van der Waals surface area contributed by atoms with Crippen molar-refractivity contribution in [2.75, 3.05) is 5.75 Å². The summed E-state index contributed by atoms with van der Waals surface area (Å²) in [4.78, 5) is 0. The molecule has 1 atom stereocenters. The Morgan fingerprint density at radius 1 is 1.07 bits per heavy atom. The van der Waals surface area contributed by atoms with E-state index in [0.717, 1.165) is 6.42 Å². The van der Waals surface area contributed by atoms with Crippen molar-refractivity contribution in [2.45, 2.75) is 85.2 Å². The summed E-state index contributed by atoms with van der Waals surface area (Å²) in [7, 11) is -1.74. The second kappa shape index (κ2) is 10.6. The van der Waals surface area contributed by atoms with Crippen molar-refractivity contribution in [3.8, 4) is 0 Å². The van der Waals surface area contributed by atoms with Gasteiger partial charge in [0.05, 0.1) is 0 Å². The monoisotopic (exact) mass is 505 g/mol. The summed E-state index contributed by atoms with van der Waals surface area (Å²) >= 11 is 4.63. The van der Waals surface area contributed by atoms with Gasteiger partial charge in [0, 0.05) is 0 Å². The van der Waals surface area contributed by atoms with Crippen LogP contribution in [0.2, 0.25) is 13.1 Å². The number of hydrogen-bond acceptors (Lipinski definition) is 1. The van der Waals surface area contributed by atoms with Crippen LogP contribution in [0.1, 0.15) is 67.7 Å². The summed E-state index contributed by atoms with van der Waals surface area (Å²) in [6, 6.07) is 0. The van der Waals surface area contributed by atoms with Crippen LogP contribution in [-0.2, 0) is 20.4 Å². The Bertz CT molecular complexity index is 705. The molecule has 0 fully saturated rings. The molecule has 0 saturated heterocycles. The van der Waals surface area contributed by atoms with Gasteiger partial charge in [0.2, 0.25) is 0 Å². The molecule has 0 saturated carbocycles. The molecule has 0 aromatic carbocycles. The predicted molar refractivity (Wildman–Crippen MR) is 123 cm³/mol. The second-order valence-electron chi connectivity index (χ2n) is 10.7. The van der Waals surface area contributed by atoms with Crippen LogP contribution in [0, 0.1) is 10.8 Å². The standard InChI is InChI=1S/C24H39SSi.2ClH.Ti/c1-10-17-25-24(26(8,9)20-13-11-12-14-20)16-15-19(22(2,3)4)18-21(24)23(5,6)7;;;/h11,13,15,18H,10,12,16-17H2,1-9H3;2*1H;/q;;;+2/p-2. The number of thioether (sulfide) groups is 1. The van der Waals surface area contributed by atoms with E-state index in [1.165, 1.54) is 24.2 Å². The van der Waals surface area contributed by atoms with Gasteiger partial charge in [-0.2, -0.15) is 0 Å². The Hall–Kier alpha value is 0.821. The molecule has 0 radical (unpaired) electrons. The average Bonchev–Trinajstić information content (AvgIpc) is 2.97. The van der Waals surface area contributed by atoms with Crippen molar-refractivity contribution in [3.05, 3.63) is 44.5 Å². The fourth-order valence-electron chi connectivity index (χ4n) is 4.53. The Kier molecular flexibility index (Phi) is 10.9. The molecule has 0 bridgehead atoms. The number of rotatable bonds is 5. The van der Waals surface area contributed by atoms with Gasteiger partial charge >= 0.3 is 187 Å². The normalized spacial score (nSPS) is 22.7. The first-order valence-corrected chi connectivity index (χ1v) is 15.2. The molecular weight excluding hydrogens is 467 g/mol. The van der Waals surface area contributed by atoms with Crippen LogP contribution < -0.4 is 24.8 Å². The summed E-state index contributed by atoms with van der Waals surface area (Å²) in [5.74, 6) is 1.25. The second-order valence-corrected chi connectivity index (χ2v) is 18.1. The molecule has 0 aromatic rings. The van der Waals surface area contributed by atoms with Crippen molar-refractivity contribution in [1.82, 2.24) is 0 Å². The van der Waals surface area contributed by atoms with Gasteiger partial charge < -0.3 is 24.8 Å². The summed E-state index contributed by atoms with van der Waals surface area (Å²) in [6.07, 6.45) is 13.6. The number of allylic oxidation sites excluding steroid dienone is 7. The molecular formula is C24H39Cl2SSiTi. The minimum atomic E-state index is -1.74. The first-order valence-electron chi connectivity index (χ1n) is 10.5. The predicted octanol–water partition coefficient (Wildman–Crippen LogP) is 1.77. The molecule has 2 aliphatic carbocycles. The maximum Gasteiger partial charge on any atom is -1.00 e. The largest absolute Gasteiger partial charge is 1.00 e. The fourth-order valence-corrected chi connectivity index (χ4v) is 13.2. The molecule has 1 unspecified atom stereocenters. The Morgan fingerprint density at radius 3 is 2.07 bits per heavy atom. The van der Waals surface area contributed by atoms with Gasteiger partial charge in [-0.3, -0.25) is 0 Å². The molecule has 2 aliphatic rings. The molecule has 2 rings (SSSR count). The summed E-state index contributed by atoms with van der Waals surface area (Å²) in [5.41, 5.74) is 3.62. The van der Waals surface area contributed by atoms with Crippen LogP contribution >= 0.6 is 11.8 Å². The van der Waals surface area contributed by atoms with Crippen LogP contribution in [-0.4, -0.2) is 18.2 Å². The molecule has 0 N–H and O–H groups in total. The smallest absolute Gasteiger partial charge is 1.00 e. The molecule has 5 heteroatoms. The van der Waals surface area contributed by atoms with Crippen LogP contribution in [0.3, 0.4) is 0 Å². The van der Waals surface area contributed by atoms with Crippen molar-refractivity contribution in [3.63, 3.8) is 0 Å². The quantitative estimate of drug-likeness (QED) is 0.513. The SMILES string of the molecule is CCCSC1([Si](C)(C)C2=[C]([Ti+2])CC=C2)CC=C(C(C)(C)C)C=C1C(C)(C)C.[Cl-].[Cl-]. The molecule has 0 amide bonds. The average molecular weight is 507 g/mol. The van der Waals surface area contributed by atoms with Gasteiger partial charge in [-0.15, -0.1) is 0 Å². The van der Waals surface area contributed by atoms with E-state index in [9.17, 15) is 0 Å². The van der Waals surface area contributed by atoms with Crippen molar-refractivity contribution < 1.29 is 45.2 Å². The minimum Gasteiger partial charge on any atom is -1.00 e. The summed E-state index contributed by atoms with van der Waals surface area (Å²) in [5, 5.41) is 1.70. The maximum atomic E-state index is 2.64. The van der Waals surface area contributed by atoms with E-state index < -0.39 is 8.07 Å². The van der Waals surface area contributed by atoms with Crippen LogP contribution in [0.4, 0.5) is 0 Å². The van der Waals surface area contributed by atoms with Gasteiger partial charge in [0.15, 0.2) is 0 Å². The number of halogens is 2. The van der Waals surface area contributed by atoms with Gasteiger partial charge in [-0.25, -0.2) is 0 Å². The van der Waals surface area contributed by atoms with Crippen molar-refractivity contribution >= 4 is 19.8 Å². The summed E-state index contributed by atoms with van der Waals surface area (Å²) < 4.78 is 1.86. The van der Waals surface area contributed by atoms with E-state index >= 15 is 0 Å². The minimum absolute atomic E-state index is 0. The number of hydrogen-bond donors (Lipinski definition) is 0. The van der Waals surface area contributed by atoms with Crippen molar-refractivity contribution in [2.24, 2.45) is 10.8 Å². The topological polar surface area (TPSA) is 0 Å². The molecule has 0 aromatic heterocycles. The first-order chi connectivity index (χ1) is 12.3. The van der Waals surface area contributed by atoms with Gasteiger partial charge in [0.1, 0.15) is 0 Å². The third-order valence-corrected chi connectivity index (χ3v) is 15.1. The fraction of sp³-hybridized carbons (Fsp3) is 0.667. The van der Waals surface area contributed by atoms with Gasteiger partial charge in [0.25, 0.3) is 0 Å². The Morgan fingerprint density at radius 2 is 1.66 bits per heavy atom. The van der Waals surface area contributed by atoms with E-state index in [1.54, 1.807) is 14.6 Å². The van der Waals surface area contributed by atoms with Crippen LogP contribution in [0.15, 0.2) is 44.5 Å². The summed E-state index contributed by atoms with van der Waals surface area (Å²) in [6.45, 7) is 22.0. The zero-order valence-corrected chi connectivity index (χ0v) is 24.7. The zero-order chi connectivity index (χ0) is 20.7. The molecule has 163 valence electrons. The van der Waals surface area contributed by atoms with E-state index in [2.05, 4.69) is 118 Å². The zero-order valence-electron chi connectivity index (χ0n) is 19.8. The van der Waals surface area contributed by atoms with E-state index in [1.807, 2.05) is 0 Å². The van der Waals surface area contributed by atoms with Gasteiger partial charge in [-0.1, -0.05) is 0 Å². The van der Waals surface area contributed by atoms with E-state index in [-0.39, 0.29) is 40.0 Å². The van der Waals surface area contributed by atoms with E-state index in [4.69, 9.17) is 0 Å². The van der Waals surface area contributed by atoms with Crippen LogP contribution in [0.25, 0.3) is 0 Å².